The van der Waals surface area contributed by atoms with Crippen LogP contribution in [-0.2, 0) is 6.54 Å². The van der Waals surface area contributed by atoms with E-state index in [4.69, 9.17) is 14.2 Å². The van der Waals surface area contributed by atoms with E-state index >= 15 is 0 Å². The number of carbonyl (C=O) groups excluding carboxylic acids is 2. The number of methoxy groups -OCH3 is 1. The highest BCUT2D eigenvalue weighted by atomic mass is 16.7. The molecule has 2 saturated heterocycles. The first-order chi connectivity index (χ1) is 19.0. The number of fused-ring (bicyclic) bond motifs is 3. The zero-order valence-electron chi connectivity index (χ0n) is 22.1. The van der Waals surface area contributed by atoms with Crippen LogP contribution in [0.4, 0.5) is 5.82 Å². The molecule has 2 fully saturated rings. The molecule has 1 aromatic heterocycles. The van der Waals surface area contributed by atoms with Gasteiger partial charge in [0.25, 0.3) is 11.8 Å². The normalized spacial score (nSPS) is 21.0. The fourth-order valence-electron chi connectivity index (χ4n) is 6.02. The summed E-state index contributed by atoms with van der Waals surface area (Å²) in [6.45, 7) is 2.52. The smallest absolute Gasteiger partial charge is 0.253 e. The summed E-state index contributed by atoms with van der Waals surface area (Å²) in [7, 11) is 1.62. The lowest BCUT2D eigenvalue weighted by molar-refractivity contribution is 0.0923. The van der Waals surface area contributed by atoms with E-state index in [2.05, 4.69) is 20.5 Å². The number of aromatic nitrogens is 1. The lowest BCUT2D eigenvalue weighted by Gasteiger charge is -2.40. The second kappa shape index (κ2) is 10.5. The number of anilines is 1. The number of benzene rings is 2. The summed E-state index contributed by atoms with van der Waals surface area (Å²) in [6.07, 6.45) is 5.50. The number of pyridine rings is 1. The molecular weight excluding hydrogens is 496 g/mol. The van der Waals surface area contributed by atoms with Crippen LogP contribution in [0.1, 0.15) is 57.5 Å². The Kier molecular flexibility index (Phi) is 6.72. The molecule has 2 N–H and O–H groups in total. The van der Waals surface area contributed by atoms with E-state index in [1.54, 1.807) is 13.3 Å². The molecule has 202 valence electrons. The van der Waals surface area contributed by atoms with Gasteiger partial charge in [0, 0.05) is 42.0 Å². The lowest BCUT2D eigenvalue weighted by atomic mass is 9.96. The van der Waals surface area contributed by atoms with E-state index in [0.717, 1.165) is 48.4 Å². The molecule has 39 heavy (non-hydrogen) atoms. The van der Waals surface area contributed by atoms with Crippen LogP contribution in [0.25, 0.3) is 0 Å². The summed E-state index contributed by atoms with van der Waals surface area (Å²) in [6, 6.07) is 15.7. The van der Waals surface area contributed by atoms with Crippen molar-refractivity contribution in [1.29, 1.82) is 0 Å². The van der Waals surface area contributed by atoms with Crippen molar-refractivity contribution in [3.05, 3.63) is 77.0 Å². The largest absolute Gasteiger partial charge is 0.496 e. The van der Waals surface area contributed by atoms with Crippen LogP contribution in [0.2, 0.25) is 0 Å². The van der Waals surface area contributed by atoms with Crippen molar-refractivity contribution in [2.45, 2.75) is 57.3 Å². The van der Waals surface area contributed by atoms with E-state index in [1.165, 1.54) is 0 Å². The molecule has 6 rings (SSSR count). The van der Waals surface area contributed by atoms with E-state index in [-0.39, 0.29) is 24.6 Å². The first-order valence-electron chi connectivity index (χ1n) is 13.4. The Balaban J connectivity index is 1.06. The third-order valence-electron chi connectivity index (χ3n) is 7.98. The maximum atomic E-state index is 13.0. The minimum atomic E-state index is -0.177. The standard InChI is InChI=1S/C30H32N4O5/c1-18-24(4-3-5-25(18)37-2)30(36)33-21-13-22-8-9-23(14-21)34(22)28-11-7-20(16-31-28)29(35)32-15-19-6-10-26-27(12-19)39-17-38-26/h3-7,10-12,16,21-23H,8-9,13-15,17H2,1-2H3,(H,32,35)(H,33,36)/t21-,22+,23-. The highest BCUT2D eigenvalue weighted by molar-refractivity contribution is 5.96. The molecule has 3 aromatic rings. The van der Waals surface area contributed by atoms with Crippen molar-refractivity contribution < 1.29 is 23.8 Å². The lowest BCUT2D eigenvalue weighted by Crippen LogP contribution is -2.50. The molecule has 4 heterocycles. The third kappa shape index (κ3) is 4.96. The third-order valence-corrected chi connectivity index (χ3v) is 7.98. The summed E-state index contributed by atoms with van der Waals surface area (Å²) < 4.78 is 16.1. The second-order valence-corrected chi connectivity index (χ2v) is 10.3. The van der Waals surface area contributed by atoms with E-state index < -0.39 is 0 Å². The maximum absolute atomic E-state index is 13.0. The quantitative estimate of drug-likeness (QED) is 0.478. The average molecular weight is 529 g/mol. The van der Waals surface area contributed by atoms with Gasteiger partial charge in [-0.2, -0.15) is 0 Å². The number of nitrogens with one attached hydrogen (secondary N) is 2. The molecular formula is C30H32N4O5. The van der Waals surface area contributed by atoms with Gasteiger partial charge in [-0.15, -0.1) is 0 Å². The number of nitrogens with zero attached hydrogens (tertiary/aromatic N) is 2. The predicted octanol–water partition coefficient (Wildman–Crippen LogP) is 3.99. The Bertz CT molecular complexity index is 1380. The molecule has 3 aliphatic heterocycles. The van der Waals surface area contributed by atoms with Crippen LogP contribution < -0.4 is 29.7 Å². The summed E-state index contributed by atoms with van der Waals surface area (Å²) in [5.41, 5.74) is 2.95. The van der Waals surface area contributed by atoms with Crippen molar-refractivity contribution >= 4 is 17.6 Å². The van der Waals surface area contributed by atoms with E-state index in [0.29, 0.717) is 41.3 Å². The van der Waals surface area contributed by atoms with Gasteiger partial charge in [0.15, 0.2) is 11.5 Å². The Labute approximate surface area is 227 Å². The summed E-state index contributed by atoms with van der Waals surface area (Å²) in [5.74, 6) is 2.78. The van der Waals surface area contributed by atoms with Crippen LogP contribution in [0, 0.1) is 6.92 Å². The molecule has 0 unspecified atom stereocenters. The zero-order chi connectivity index (χ0) is 26.9. The number of amides is 2. The monoisotopic (exact) mass is 528 g/mol. The van der Waals surface area contributed by atoms with Crippen molar-refractivity contribution in [1.82, 2.24) is 15.6 Å². The maximum Gasteiger partial charge on any atom is 0.253 e. The van der Waals surface area contributed by atoms with Crippen LogP contribution >= 0.6 is 0 Å². The van der Waals surface area contributed by atoms with Gasteiger partial charge in [-0.25, -0.2) is 4.98 Å². The van der Waals surface area contributed by atoms with Gasteiger partial charge in [-0.3, -0.25) is 9.59 Å². The number of ether oxygens (including phenoxy) is 3. The second-order valence-electron chi connectivity index (χ2n) is 10.3. The molecule has 3 aliphatic rings. The van der Waals surface area contributed by atoms with Gasteiger partial charge in [0.1, 0.15) is 11.6 Å². The van der Waals surface area contributed by atoms with E-state index in [9.17, 15) is 9.59 Å². The van der Waals surface area contributed by atoms with E-state index in [1.807, 2.05) is 55.5 Å². The number of rotatable bonds is 7. The first-order valence-corrected chi connectivity index (χ1v) is 13.4. The average Bonchev–Trinajstić information content (AvgIpc) is 3.53. The fraction of sp³-hybridized carbons (Fsp3) is 0.367. The van der Waals surface area contributed by atoms with Crippen molar-refractivity contribution in [3.63, 3.8) is 0 Å². The number of hydrogen-bond donors (Lipinski definition) is 2. The molecule has 3 atom stereocenters. The highest BCUT2D eigenvalue weighted by Crippen LogP contribution is 2.39. The van der Waals surface area contributed by atoms with Gasteiger partial charge in [0.2, 0.25) is 6.79 Å². The molecule has 2 amide bonds. The minimum Gasteiger partial charge on any atom is -0.496 e. The Morgan fingerprint density at radius 2 is 1.82 bits per heavy atom. The molecule has 0 saturated carbocycles. The Morgan fingerprint density at radius 1 is 1.03 bits per heavy atom. The fourth-order valence-corrected chi connectivity index (χ4v) is 6.02. The predicted molar refractivity (Wildman–Crippen MR) is 145 cm³/mol. The molecule has 0 radical (unpaired) electrons. The molecule has 2 bridgehead atoms. The van der Waals surface area contributed by atoms with Gasteiger partial charge < -0.3 is 29.7 Å². The summed E-state index contributed by atoms with van der Waals surface area (Å²) >= 11 is 0. The number of carbonyl (C=O) groups is 2. The summed E-state index contributed by atoms with van der Waals surface area (Å²) in [4.78, 5) is 32.8. The molecule has 9 nitrogen and oxygen atoms in total. The van der Waals surface area contributed by atoms with Crippen molar-refractivity contribution in [2.75, 3.05) is 18.8 Å². The van der Waals surface area contributed by atoms with Gasteiger partial charge >= 0.3 is 0 Å². The van der Waals surface area contributed by atoms with Gasteiger partial charge in [-0.1, -0.05) is 12.1 Å². The highest BCUT2D eigenvalue weighted by Gasteiger charge is 2.42. The van der Waals surface area contributed by atoms with Crippen LogP contribution in [-0.4, -0.2) is 48.8 Å². The summed E-state index contributed by atoms with van der Waals surface area (Å²) in [5, 5.41) is 6.20. The topological polar surface area (TPSA) is 102 Å². The van der Waals surface area contributed by atoms with Crippen molar-refractivity contribution in [2.24, 2.45) is 0 Å². The van der Waals surface area contributed by atoms with Crippen LogP contribution in [0.3, 0.4) is 0 Å². The SMILES string of the molecule is COc1cccc(C(=O)N[C@H]2C[C@H]3CC[C@@H](C2)N3c2ccc(C(=O)NCc3ccc4c(c3)OCO4)cn2)c1C. The van der Waals surface area contributed by atoms with Gasteiger partial charge in [0.05, 0.1) is 12.7 Å². The minimum absolute atomic E-state index is 0.0570. The number of piperidine rings is 1. The Morgan fingerprint density at radius 3 is 2.56 bits per heavy atom. The van der Waals surface area contributed by atoms with Crippen LogP contribution in [0.15, 0.2) is 54.7 Å². The molecule has 0 aliphatic carbocycles. The first kappa shape index (κ1) is 25.0. The van der Waals surface area contributed by atoms with Gasteiger partial charge in [-0.05, 0) is 74.6 Å². The molecule has 2 aromatic carbocycles. The van der Waals surface area contributed by atoms with Crippen LogP contribution in [0.5, 0.6) is 17.2 Å². The number of hydrogen-bond acceptors (Lipinski definition) is 7. The molecule has 9 heteroatoms. The molecule has 0 spiro atoms. The zero-order valence-corrected chi connectivity index (χ0v) is 22.1. The van der Waals surface area contributed by atoms with Crippen molar-refractivity contribution in [3.8, 4) is 17.2 Å². The Hall–Kier alpha value is -4.27.